The summed E-state index contributed by atoms with van der Waals surface area (Å²) in [6, 6.07) is 65.2. The van der Waals surface area contributed by atoms with Gasteiger partial charge in [0.2, 0.25) is 0 Å². The largest absolute Gasteiger partial charge is 0.456 e. The number of aromatic nitrogens is 2. The first-order chi connectivity index (χ1) is 28.8. The average molecular weight is 741 g/mol. The summed E-state index contributed by atoms with van der Waals surface area (Å²) in [6.07, 6.45) is 6.63. The average Bonchev–Trinajstić information content (AvgIpc) is 3.84. The summed E-state index contributed by atoms with van der Waals surface area (Å²) in [4.78, 5) is 5.35. The molecule has 0 atom stereocenters. The number of allylic oxidation sites excluding steroid dienone is 4. The normalized spacial score (nSPS) is 13.2. The van der Waals surface area contributed by atoms with Crippen molar-refractivity contribution < 1.29 is 4.42 Å². The van der Waals surface area contributed by atoms with Crippen molar-refractivity contribution in [3.05, 3.63) is 205 Å². The fourth-order valence-electron chi connectivity index (χ4n) is 9.52. The Morgan fingerprint density at radius 3 is 1.90 bits per heavy atom. The van der Waals surface area contributed by atoms with Crippen molar-refractivity contribution in [3.63, 3.8) is 0 Å². The standard InChI is InChI=1S/C55H36N2O/c1-3-14-38(15-4-1)51-53-42-18-7-10-22-46(42)56-55(45(53)34-50-54(51)44-20-9-12-25-49(44)58-50)39-32-28-36(29-33-39)35-26-30-37(31-27-35)41-21-13-24-48-52(41)43-19-8-11-23-47(43)57(48)40-16-5-2-6-17-40/h1-26,28-30,32-34H,27,31H2. The second-order valence-corrected chi connectivity index (χ2v) is 15.3. The van der Waals surface area contributed by atoms with Crippen LogP contribution in [0.5, 0.6) is 0 Å². The molecule has 0 saturated carbocycles. The quantitative estimate of drug-likeness (QED) is 0.165. The van der Waals surface area contributed by atoms with Gasteiger partial charge >= 0.3 is 0 Å². The number of pyridine rings is 1. The number of nitrogens with zero attached hydrogens (tertiary/aromatic N) is 2. The maximum Gasteiger partial charge on any atom is 0.136 e. The number of hydrogen-bond donors (Lipinski definition) is 0. The maximum atomic E-state index is 6.59. The number of benzene rings is 8. The van der Waals surface area contributed by atoms with Crippen molar-refractivity contribution in [2.75, 3.05) is 0 Å². The Labute approximate surface area is 335 Å². The fourth-order valence-corrected chi connectivity index (χ4v) is 9.52. The second kappa shape index (κ2) is 13.0. The highest BCUT2D eigenvalue weighted by atomic mass is 16.3. The van der Waals surface area contributed by atoms with Gasteiger partial charge in [-0.15, -0.1) is 0 Å². The van der Waals surface area contributed by atoms with E-state index in [9.17, 15) is 0 Å². The Morgan fingerprint density at radius 1 is 0.431 bits per heavy atom. The number of rotatable bonds is 5. The van der Waals surface area contributed by atoms with Gasteiger partial charge in [-0.1, -0.05) is 152 Å². The molecule has 3 nitrogen and oxygen atoms in total. The smallest absolute Gasteiger partial charge is 0.136 e. The second-order valence-electron chi connectivity index (χ2n) is 15.3. The third-order valence-corrected chi connectivity index (χ3v) is 12.1. The molecule has 1 aliphatic rings. The summed E-state index contributed by atoms with van der Waals surface area (Å²) in [5.41, 5.74) is 16.1. The van der Waals surface area contributed by atoms with Crippen molar-refractivity contribution >= 4 is 76.6 Å². The summed E-state index contributed by atoms with van der Waals surface area (Å²) in [6.45, 7) is 0. The van der Waals surface area contributed by atoms with E-state index in [1.807, 2.05) is 6.07 Å². The Hall–Kier alpha value is -7.49. The molecule has 1 aliphatic carbocycles. The summed E-state index contributed by atoms with van der Waals surface area (Å²) in [5, 5.41) is 8.29. The van der Waals surface area contributed by atoms with E-state index in [0.717, 1.165) is 67.9 Å². The molecule has 58 heavy (non-hydrogen) atoms. The molecule has 0 spiro atoms. The van der Waals surface area contributed by atoms with Crippen LogP contribution < -0.4 is 0 Å². The van der Waals surface area contributed by atoms with Crippen LogP contribution in [0.4, 0.5) is 0 Å². The minimum absolute atomic E-state index is 0.873. The summed E-state index contributed by atoms with van der Waals surface area (Å²) in [7, 11) is 0. The first-order valence-corrected chi connectivity index (χ1v) is 20.1. The molecule has 0 fully saturated rings. The number of para-hydroxylation sites is 4. The molecule has 3 heteroatoms. The van der Waals surface area contributed by atoms with Gasteiger partial charge in [0, 0.05) is 54.5 Å². The monoisotopic (exact) mass is 740 g/mol. The zero-order chi connectivity index (χ0) is 38.2. The van der Waals surface area contributed by atoms with E-state index >= 15 is 0 Å². The van der Waals surface area contributed by atoms with E-state index in [1.54, 1.807) is 0 Å². The third kappa shape index (κ3) is 5.03. The molecular formula is C55H36N2O. The van der Waals surface area contributed by atoms with Crippen LogP contribution in [0.2, 0.25) is 0 Å². The molecule has 0 N–H and O–H groups in total. The molecular weight excluding hydrogens is 705 g/mol. The first-order valence-electron chi connectivity index (χ1n) is 20.1. The van der Waals surface area contributed by atoms with Gasteiger partial charge in [0.1, 0.15) is 11.2 Å². The van der Waals surface area contributed by atoms with Gasteiger partial charge in [0.15, 0.2) is 0 Å². The van der Waals surface area contributed by atoms with Crippen LogP contribution in [-0.4, -0.2) is 9.55 Å². The predicted octanol–water partition coefficient (Wildman–Crippen LogP) is 15.0. The molecule has 3 aromatic heterocycles. The minimum atomic E-state index is 0.873. The van der Waals surface area contributed by atoms with Gasteiger partial charge < -0.3 is 8.98 Å². The van der Waals surface area contributed by atoms with Crippen LogP contribution in [-0.2, 0) is 0 Å². The van der Waals surface area contributed by atoms with Gasteiger partial charge in [0.25, 0.3) is 0 Å². The molecule has 8 aromatic carbocycles. The molecule has 0 amide bonds. The highest BCUT2D eigenvalue weighted by molar-refractivity contribution is 6.27. The molecule has 0 bridgehead atoms. The fraction of sp³-hybridized carbons (Fsp3) is 0.0364. The Bertz CT molecular complexity index is 3480. The topological polar surface area (TPSA) is 31.0 Å². The van der Waals surface area contributed by atoms with E-state index in [4.69, 9.17) is 9.40 Å². The van der Waals surface area contributed by atoms with Crippen molar-refractivity contribution in [1.29, 1.82) is 0 Å². The van der Waals surface area contributed by atoms with E-state index in [0.29, 0.717) is 0 Å². The third-order valence-electron chi connectivity index (χ3n) is 12.1. The van der Waals surface area contributed by atoms with Gasteiger partial charge in [-0.05, 0) is 83.1 Å². The van der Waals surface area contributed by atoms with E-state index in [-0.39, 0.29) is 0 Å². The lowest BCUT2D eigenvalue weighted by molar-refractivity contribution is 0.669. The van der Waals surface area contributed by atoms with Crippen LogP contribution in [0.3, 0.4) is 0 Å². The number of hydrogen-bond acceptors (Lipinski definition) is 2. The summed E-state index contributed by atoms with van der Waals surface area (Å²) >= 11 is 0. The highest BCUT2D eigenvalue weighted by Crippen LogP contribution is 2.47. The Kier molecular flexibility index (Phi) is 7.36. The Balaban J connectivity index is 0.975. The van der Waals surface area contributed by atoms with E-state index < -0.39 is 0 Å². The molecule has 0 unspecified atom stereocenters. The van der Waals surface area contributed by atoms with E-state index in [1.165, 1.54) is 60.7 Å². The van der Waals surface area contributed by atoms with Crippen LogP contribution in [0.25, 0.3) is 105 Å². The molecule has 12 rings (SSSR count). The SMILES string of the molecule is C1=C(c2ccc(-c3nc4ccccc4c4c(-c5ccccc5)c5c(cc34)oc3ccccc35)cc2)CCC(c2cccc3c2c2ccccc2n3-c2ccccc2)=C1. The van der Waals surface area contributed by atoms with Crippen LogP contribution in [0.15, 0.2) is 199 Å². The van der Waals surface area contributed by atoms with Crippen molar-refractivity contribution in [3.8, 4) is 28.1 Å². The summed E-state index contributed by atoms with van der Waals surface area (Å²) in [5.74, 6) is 0. The molecule has 0 saturated heterocycles. The Morgan fingerprint density at radius 2 is 1.09 bits per heavy atom. The lowest BCUT2D eigenvalue weighted by Gasteiger charge is -2.18. The first kappa shape index (κ1) is 32.7. The molecule has 0 aliphatic heterocycles. The zero-order valence-corrected chi connectivity index (χ0v) is 31.7. The zero-order valence-electron chi connectivity index (χ0n) is 31.7. The van der Waals surface area contributed by atoms with Crippen molar-refractivity contribution in [1.82, 2.24) is 9.55 Å². The van der Waals surface area contributed by atoms with Gasteiger partial charge in [-0.2, -0.15) is 0 Å². The highest BCUT2D eigenvalue weighted by Gasteiger charge is 2.22. The van der Waals surface area contributed by atoms with Gasteiger partial charge in [-0.3, -0.25) is 0 Å². The van der Waals surface area contributed by atoms with Crippen molar-refractivity contribution in [2.24, 2.45) is 0 Å². The summed E-state index contributed by atoms with van der Waals surface area (Å²) < 4.78 is 8.99. The van der Waals surface area contributed by atoms with Crippen LogP contribution in [0.1, 0.15) is 24.0 Å². The van der Waals surface area contributed by atoms with Gasteiger partial charge in [0.05, 0.1) is 22.2 Å². The number of furan rings is 1. The molecule has 0 radical (unpaired) electrons. The van der Waals surface area contributed by atoms with Gasteiger partial charge in [-0.25, -0.2) is 4.98 Å². The predicted molar refractivity (Wildman–Crippen MR) is 243 cm³/mol. The maximum absolute atomic E-state index is 6.59. The molecule has 3 heterocycles. The minimum Gasteiger partial charge on any atom is -0.456 e. The lowest BCUT2D eigenvalue weighted by atomic mass is 9.87. The van der Waals surface area contributed by atoms with Crippen molar-refractivity contribution in [2.45, 2.75) is 12.8 Å². The molecule has 272 valence electrons. The molecule has 11 aromatic rings. The van der Waals surface area contributed by atoms with E-state index in [2.05, 4.69) is 193 Å². The van der Waals surface area contributed by atoms with Crippen LogP contribution in [0, 0.1) is 0 Å². The lowest BCUT2D eigenvalue weighted by Crippen LogP contribution is -1.96. The van der Waals surface area contributed by atoms with Crippen LogP contribution >= 0.6 is 0 Å². The number of fused-ring (bicyclic) bond motifs is 9.